The SMILES string of the molecule is Cc1cccc(-n2nnnc2SCc2cn3ccccc3c2C#N)c1C. The minimum Gasteiger partial charge on any atom is -0.322 e. The van der Waals surface area contributed by atoms with Gasteiger partial charge in [0.25, 0.3) is 0 Å². The van der Waals surface area contributed by atoms with Crippen LogP contribution in [-0.2, 0) is 5.75 Å². The van der Waals surface area contributed by atoms with E-state index in [-0.39, 0.29) is 0 Å². The summed E-state index contributed by atoms with van der Waals surface area (Å²) in [4.78, 5) is 0. The largest absolute Gasteiger partial charge is 0.322 e. The zero-order chi connectivity index (χ0) is 18.1. The smallest absolute Gasteiger partial charge is 0.214 e. The lowest BCUT2D eigenvalue weighted by Crippen LogP contribution is -2.02. The number of nitrogens with zero attached hydrogens (tertiary/aromatic N) is 6. The standard InChI is InChI=1S/C19H16N6S/c1-13-6-5-8-17(14(13)2)25-19(21-22-23-25)26-12-15-11-24-9-4-3-7-18(24)16(15)10-20/h3-9,11H,12H2,1-2H3. The number of thioether (sulfide) groups is 1. The quantitative estimate of drug-likeness (QED) is 0.519. The third-order valence-electron chi connectivity index (χ3n) is 4.48. The molecule has 0 unspecified atom stereocenters. The Bertz CT molecular complexity index is 1130. The minimum absolute atomic E-state index is 0.621. The molecule has 0 radical (unpaired) electrons. The molecule has 0 amide bonds. The number of nitriles is 1. The minimum atomic E-state index is 0.621. The molecule has 0 aliphatic heterocycles. The van der Waals surface area contributed by atoms with Crippen molar-refractivity contribution in [2.75, 3.05) is 0 Å². The van der Waals surface area contributed by atoms with Gasteiger partial charge >= 0.3 is 0 Å². The van der Waals surface area contributed by atoms with E-state index in [1.54, 1.807) is 4.68 Å². The fourth-order valence-corrected chi connectivity index (χ4v) is 3.80. The number of hydrogen-bond donors (Lipinski definition) is 0. The first-order chi connectivity index (χ1) is 12.7. The Balaban J connectivity index is 1.66. The van der Waals surface area contributed by atoms with E-state index in [9.17, 15) is 5.26 Å². The predicted molar refractivity (Wildman–Crippen MR) is 100 cm³/mol. The van der Waals surface area contributed by atoms with E-state index >= 15 is 0 Å². The number of pyridine rings is 1. The highest BCUT2D eigenvalue weighted by atomic mass is 32.2. The molecule has 6 nitrogen and oxygen atoms in total. The second-order valence-corrected chi connectivity index (χ2v) is 6.96. The number of aryl methyl sites for hydroxylation is 1. The molecule has 0 atom stereocenters. The van der Waals surface area contributed by atoms with Gasteiger partial charge in [-0.15, -0.1) is 5.10 Å². The second-order valence-electron chi connectivity index (χ2n) is 6.02. The lowest BCUT2D eigenvalue weighted by molar-refractivity contribution is 0.751. The van der Waals surface area contributed by atoms with Crippen LogP contribution in [-0.4, -0.2) is 24.6 Å². The highest BCUT2D eigenvalue weighted by Gasteiger charge is 2.15. The molecule has 0 aliphatic rings. The van der Waals surface area contributed by atoms with E-state index in [0.717, 1.165) is 22.3 Å². The summed E-state index contributed by atoms with van der Waals surface area (Å²) in [5.41, 5.74) is 5.90. The maximum Gasteiger partial charge on any atom is 0.214 e. The monoisotopic (exact) mass is 360 g/mol. The van der Waals surface area contributed by atoms with Crippen LogP contribution in [0, 0.1) is 25.2 Å². The molecule has 3 heterocycles. The molecular weight excluding hydrogens is 344 g/mol. The first kappa shape index (κ1) is 16.4. The highest BCUT2D eigenvalue weighted by molar-refractivity contribution is 7.98. The molecule has 26 heavy (non-hydrogen) atoms. The van der Waals surface area contributed by atoms with Crippen molar-refractivity contribution in [2.24, 2.45) is 0 Å². The lowest BCUT2D eigenvalue weighted by Gasteiger charge is -2.09. The zero-order valence-electron chi connectivity index (χ0n) is 14.4. The van der Waals surface area contributed by atoms with Crippen molar-refractivity contribution in [3.63, 3.8) is 0 Å². The van der Waals surface area contributed by atoms with Crippen LogP contribution in [0.4, 0.5) is 0 Å². The molecule has 4 rings (SSSR count). The van der Waals surface area contributed by atoms with Crippen molar-refractivity contribution in [1.82, 2.24) is 24.6 Å². The fraction of sp³-hybridized carbons (Fsp3) is 0.158. The van der Waals surface area contributed by atoms with Crippen LogP contribution in [0.15, 0.2) is 53.9 Å². The molecule has 0 N–H and O–H groups in total. The molecule has 0 bridgehead atoms. The lowest BCUT2D eigenvalue weighted by atomic mass is 10.1. The topological polar surface area (TPSA) is 71.8 Å². The number of hydrogen-bond acceptors (Lipinski definition) is 5. The van der Waals surface area contributed by atoms with Gasteiger partial charge in [-0.1, -0.05) is 30.0 Å². The summed E-state index contributed by atoms with van der Waals surface area (Å²) in [5.74, 6) is 0.621. The average molecular weight is 360 g/mol. The van der Waals surface area contributed by atoms with Crippen LogP contribution >= 0.6 is 11.8 Å². The van der Waals surface area contributed by atoms with Crippen molar-refractivity contribution in [3.05, 3.63) is 71.0 Å². The Labute approximate surface area is 155 Å². The average Bonchev–Trinajstić information content (AvgIpc) is 3.25. The normalized spacial score (nSPS) is 11.0. The highest BCUT2D eigenvalue weighted by Crippen LogP contribution is 2.28. The van der Waals surface area contributed by atoms with Gasteiger partial charge in [-0.05, 0) is 59.2 Å². The summed E-state index contributed by atoms with van der Waals surface area (Å²) in [7, 11) is 0. The van der Waals surface area contributed by atoms with Crippen molar-refractivity contribution in [1.29, 1.82) is 5.26 Å². The number of fused-ring (bicyclic) bond motifs is 1. The first-order valence-electron chi connectivity index (χ1n) is 8.15. The van der Waals surface area contributed by atoms with Gasteiger partial charge in [0.1, 0.15) is 6.07 Å². The van der Waals surface area contributed by atoms with E-state index in [2.05, 4.69) is 41.5 Å². The van der Waals surface area contributed by atoms with E-state index in [0.29, 0.717) is 16.5 Å². The first-order valence-corrected chi connectivity index (χ1v) is 9.14. The van der Waals surface area contributed by atoms with Crippen molar-refractivity contribution in [3.8, 4) is 11.8 Å². The van der Waals surface area contributed by atoms with Gasteiger partial charge in [0.05, 0.1) is 16.8 Å². The van der Waals surface area contributed by atoms with Gasteiger partial charge in [0.2, 0.25) is 5.16 Å². The van der Waals surface area contributed by atoms with Gasteiger partial charge in [-0.25, -0.2) is 0 Å². The molecule has 128 valence electrons. The third-order valence-corrected chi connectivity index (χ3v) is 5.44. The maximum absolute atomic E-state index is 9.54. The van der Waals surface area contributed by atoms with E-state index in [4.69, 9.17) is 0 Å². The number of benzene rings is 1. The molecule has 0 aliphatic carbocycles. The summed E-state index contributed by atoms with van der Waals surface area (Å²) in [5, 5.41) is 22.4. The number of aromatic nitrogens is 5. The fourth-order valence-electron chi connectivity index (χ4n) is 2.94. The van der Waals surface area contributed by atoms with Crippen molar-refractivity contribution < 1.29 is 0 Å². The predicted octanol–water partition coefficient (Wildman–Crippen LogP) is 3.70. The Morgan fingerprint density at radius 1 is 1.15 bits per heavy atom. The van der Waals surface area contributed by atoms with E-state index < -0.39 is 0 Å². The van der Waals surface area contributed by atoms with Gasteiger partial charge in [-0.2, -0.15) is 9.94 Å². The van der Waals surface area contributed by atoms with E-state index in [1.165, 1.54) is 17.3 Å². The summed E-state index contributed by atoms with van der Waals surface area (Å²) < 4.78 is 3.73. The van der Waals surface area contributed by atoms with Gasteiger partial charge in [0, 0.05) is 18.1 Å². The molecule has 4 aromatic rings. The second kappa shape index (κ2) is 6.65. The zero-order valence-corrected chi connectivity index (χ0v) is 15.2. The molecule has 0 saturated heterocycles. The van der Waals surface area contributed by atoms with Crippen LogP contribution in [0.1, 0.15) is 22.3 Å². The Morgan fingerprint density at radius 2 is 2.04 bits per heavy atom. The Hall–Kier alpha value is -3.11. The summed E-state index contributed by atoms with van der Waals surface area (Å²) >= 11 is 1.52. The Kier molecular flexibility index (Phi) is 4.19. The molecule has 1 aromatic carbocycles. The van der Waals surface area contributed by atoms with Crippen LogP contribution < -0.4 is 0 Å². The van der Waals surface area contributed by atoms with Crippen LogP contribution in [0.5, 0.6) is 0 Å². The Morgan fingerprint density at radius 3 is 2.88 bits per heavy atom. The summed E-state index contributed by atoms with van der Waals surface area (Å²) in [6.45, 7) is 4.14. The summed E-state index contributed by atoms with van der Waals surface area (Å²) in [6.07, 6.45) is 3.94. The molecule has 0 spiro atoms. The molecular formula is C19H16N6S. The van der Waals surface area contributed by atoms with Gasteiger partial charge < -0.3 is 4.40 Å². The molecule has 0 saturated carbocycles. The summed E-state index contributed by atoms with van der Waals surface area (Å²) in [6, 6.07) is 14.2. The van der Waals surface area contributed by atoms with Crippen molar-refractivity contribution in [2.45, 2.75) is 24.8 Å². The number of tetrazole rings is 1. The molecule has 3 aromatic heterocycles. The molecule has 7 heteroatoms. The third kappa shape index (κ3) is 2.74. The molecule has 0 fully saturated rings. The van der Waals surface area contributed by atoms with Crippen LogP contribution in [0.2, 0.25) is 0 Å². The van der Waals surface area contributed by atoms with Crippen molar-refractivity contribution >= 4 is 17.3 Å². The van der Waals surface area contributed by atoms with Crippen LogP contribution in [0.3, 0.4) is 0 Å². The van der Waals surface area contributed by atoms with Gasteiger partial charge in [0.15, 0.2) is 0 Å². The van der Waals surface area contributed by atoms with Gasteiger partial charge in [-0.3, -0.25) is 0 Å². The van der Waals surface area contributed by atoms with E-state index in [1.807, 2.05) is 47.1 Å². The maximum atomic E-state index is 9.54. The number of rotatable bonds is 4. The van der Waals surface area contributed by atoms with Crippen LogP contribution in [0.25, 0.3) is 11.2 Å².